The minimum Gasteiger partial charge on any atom is -0.494 e. The van der Waals surface area contributed by atoms with Gasteiger partial charge >= 0.3 is 0 Å². The molecule has 1 saturated heterocycles. The Bertz CT molecular complexity index is 512. The van der Waals surface area contributed by atoms with Gasteiger partial charge in [0.25, 0.3) is 11.5 Å². The molecule has 0 aliphatic carbocycles. The van der Waals surface area contributed by atoms with E-state index in [2.05, 4.69) is 11.9 Å². The van der Waals surface area contributed by atoms with E-state index in [0.717, 1.165) is 6.42 Å². The van der Waals surface area contributed by atoms with E-state index in [-0.39, 0.29) is 23.4 Å². The van der Waals surface area contributed by atoms with E-state index in [9.17, 15) is 14.7 Å². The summed E-state index contributed by atoms with van der Waals surface area (Å²) in [5.41, 5.74) is 5.63. The van der Waals surface area contributed by atoms with Crippen LogP contribution in [0.25, 0.3) is 0 Å². The highest BCUT2D eigenvalue weighted by atomic mass is 16.3. The zero-order valence-electron chi connectivity index (χ0n) is 10.2. The number of nitrogens with one attached hydrogen (secondary N) is 1. The normalized spacial score (nSPS) is 24.0. The van der Waals surface area contributed by atoms with Crippen molar-refractivity contribution in [2.24, 2.45) is 11.7 Å². The van der Waals surface area contributed by atoms with Crippen molar-refractivity contribution in [1.82, 2.24) is 9.88 Å². The minimum atomic E-state index is -0.493. The summed E-state index contributed by atoms with van der Waals surface area (Å²) < 4.78 is 0. The molecule has 6 nitrogen and oxygen atoms in total. The number of rotatable bonds is 1. The molecular formula is C12H17N3O3. The SMILES string of the molecule is CC1CCN(C(=O)c2cc(O)[nH]c(=O)c2)CC1N. The van der Waals surface area contributed by atoms with Crippen LogP contribution in [0.1, 0.15) is 23.7 Å². The van der Waals surface area contributed by atoms with Crippen LogP contribution in [-0.4, -0.2) is 40.0 Å². The van der Waals surface area contributed by atoms with Gasteiger partial charge in [0, 0.05) is 31.3 Å². The Hall–Kier alpha value is -1.82. The van der Waals surface area contributed by atoms with Gasteiger partial charge in [0.15, 0.2) is 5.88 Å². The van der Waals surface area contributed by atoms with Gasteiger partial charge in [0.2, 0.25) is 0 Å². The highest BCUT2D eigenvalue weighted by Crippen LogP contribution is 2.18. The second-order valence-electron chi connectivity index (χ2n) is 4.80. The second-order valence-corrected chi connectivity index (χ2v) is 4.80. The minimum absolute atomic E-state index is 0.0432. The molecule has 1 aromatic rings. The number of nitrogens with zero attached hydrogens (tertiary/aromatic N) is 1. The predicted molar refractivity (Wildman–Crippen MR) is 66.4 cm³/mol. The summed E-state index contributed by atoms with van der Waals surface area (Å²) in [6.45, 7) is 3.17. The summed E-state index contributed by atoms with van der Waals surface area (Å²) in [5.74, 6) is -0.180. The lowest BCUT2D eigenvalue weighted by Gasteiger charge is -2.35. The number of aromatic nitrogens is 1. The molecule has 0 aromatic carbocycles. The maximum Gasteiger partial charge on any atom is 0.254 e. The van der Waals surface area contributed by atoms with E-state index in [1.165, 1.54) is 12.1 Å². The fourth-order valence-corrected chi connectivity index (χ4v) is 2.12. The fraction of sp³-hybridized carbons (Fsp3) is 0.500. The summed E-state index contributed by atoms with van der Waals surface area (Å²) in [7, 11) is 0. The van der Waals surface area contributed by atoms with Gasteiger partial charge in [0.05, 0.1) is 5.56 Å². The smallest absolute Gasteiger partial charge is 0.254 e. The topological polar surface area (TPSA) is 99.4 Å². The summed E-state index contributed by atoms with van der Waals surface area (Å²) in [5, 5.41) is 9.28. The van der Waals surface area contributed by atoms with E-state index >= 15 is 0 Å². The first-order valence-electron chi connectivity index (χ1n) is 5.95. The van der Waals surface area contributed by atoms with Gasteiger partial charge in [-0.3, -0.25) is 14.6 Å². The number of H-pyrrole nitrogens is 1. The molecule has 2 atom stereocenters. The number of carbonyl (C=O) groups excluding carboxylic acids is 1. The van der Waals surface area contributed by atoms with E-state index < -0.39 is 5.56 Å². The number of piperidine rings is 1. The van der Waals surface area contributed by atoms with Gasteiger partial charge in [0.1, 0.15) is 0 Å². The van der Waals surface area contributed by atoms with Gasteiger partial charge in [-0.25, -0.2) is 0 Å². The molecule has 6 heteroatoms. The molecule has 0 radical (unpaired) electrons. The number of carbonyl (C=O) groups is 1. The zero-order valence-corrected chi connectivity index (χ0v) is 10.2. The Morgan fingerprint density at radius 1 is 1.56 bits per heavy atom. The van der Waals surface area contributed by atoms with Gasteiger partial charge in [-0.05, 0) is 12.3 Å². The van der Waals surface area contributed by atoms with Gasteiger partial charge in [-0.1, -0.05) is 6.92 Å². The third-order valence-electron chi connectivity index (χ3n) is 3.38. The molecule has 0 bridgehead atoms. The first-order chi connectivity index (χ1) is 8.47. The quantitative estimate of drug-likeness (QED) is 0.648. The molecule has 4 N–H and O–H groups in total. The van der Waals surface area contributed by atoms with Crippen LogP contribution >= 0.6 is 0 Å². The average Bonchev–Trinajstić information content (AvgIpc) is 2.30. The Labute approximate surface area is 104 Å². The predicted octanol–water partition coefficient (Wildman–Crippen LogP) is -0.110. The van der Waals surface area contributed by atoms with Crippen molar-refractivity contribution >= 4 is 5.91 Å². The Kier molecular flexibility index (Phi) is 3.38. The summed E-state index contributed by atoms with van der Waals surface area (Å²) >= 11 is 0. The van der Waals surface area contributed by atoms with Crippen molar-refractivity contribution in [1.29, 1.82) is 0 Å². The third-order valence-corrected chi connectivity index (χ3v) is 3.38. The van der Waals surface area contributed by atoms with Gasteiger partial charge in [-0.2, -0.15) is 0 Å². The summed E-state index contributed by atoms with van der Waals surface area (Å²) in [6, 6.07) is 2.40. The van der Waals surface area contributed by atoms with E-state index in [1.54, 1.807) is 4.90 Å². The first kappa shape index (κ1) is 12.6. The second kappa shape index (κ2) is 4.81. The lowest BCUT2D eigenvalue weighted by Crippen LogP contribution is -2.49. The number of amides is 1. The summed E-state index contributed by atoms with van der Waals surface area (Å²) in [6.07, 6.45) is 0.849. The van der Waals surface area contributed by atoms with Crippen LogP contribution in [0, 0.1) is 5.92 Å². The Morgan fingerprint density at radius 2 is 2.28 bits per heavy atom. The van der Waals surface area contributed by atoms with Gasteiger partial charge < -0.3 is 15.7 Å². The van der Waals surface area contributed by atoms with Crippen molar-refractivity contribution in [3.05, 3.63) is 28.0 Å². The lowest BCUT2D eigenvalue weighted by atomic mass is 9.94. The molecule has 2 rings (SSSR count). The molecule has 0 saturated carbocycles. The average molecular weight is 251 g/mol. The molecule has 1 aliphatic heterocycles. The summed E-state index contributed by atoms with van der Waals surface area (Å²) in [4.78, 5) is 27.2. The largest absolute Gasteiger partial charge is 0.494 e. The number of aromatic amines is 1. The first-order valence-corrected chi connectivity index (χ1v) is 5.95. The van der Waals surface area contributed by atoms with E-state index in [1.807, 2.05) is 0 Å². The monoisotopic (exact) mass is 251 g/mol. The lowest BCUT2D eigenvalue weighted by molar-refractivity contribution is 0.0671. The third kappa shape index (κ3) is 2.53. The Balaban J connectivity index is 2.19. The molecule has 1 fully saturated rings. The molecule has 98 valence electrons. The van der Waals surface area contributed by atoms with Crippen molar-refractivity contribution in [3.8, 4) is 5.88 Å². The van der Waals surface area contributed by atoms with Crippen LogP contribution in [0.2, 0.25) is 0 Å². The number of hydrogen-bond donors (Lipinski definition) is 3. The van der Waals surface area contributed by atoms with Crippen LogP contribution in [0.5, 0.6) is 5.88 Å². The van der Waals surface area contributed by atoms with Crippen molar-refractivity contribution in [2.45, 2.75) is 19.4 Å². The molecule has 2 heterocycles. The number of likely N-dealkylation sites (tertiary alicyclic amines) is 1. The zero-order chi connectivity index (χ0) is 13.3. The number of nitrogens with two attached hydrogens (primary N) is 1. The fourth-order valence-electron chi connectivity index (χ4n) is 2.12. The van der Waals surface area contributed by atoms with Crippen LogP contribution in [0.3, 0.4) is 0 Å². The van der Waals surface area contributed by atoms with Crippen LogP contribution < -0.4 is 11.3 Å². The van der Waals surface area contributed by atoms with Gasteiger partial charge in [-0.15, -0.1) is 0 Å². The molecule has 2 unspecified atom stereocenters. The van der Waals surface area contributed by atoms with E-state index in [4.69, 9.17) is 5.73 Å². The molecule has 1 amide bonds. The van der Waals surface area contributed by atoms with Crippen molar-refractivity contribution < 1.29 is 9.90 Å². The number of aromatic hydroxyl groups is 1. The van der Waals surface area contributed by atoms with Crippen molar-refractivity contribution in [2.75, 3.05) is 13.1 Å². The Morgan fingerprint density at radius 3 is 2.89 bits per heavy atom. The molecule has 1 aromatic heterocycles. The standard InChI is InChI=1S/C12H17N3O3/c1-7-2-3-15(6-9(7)13)12(18)8-4-10(16)14-11(17)5-8/h4-5,7,9H,2-3,6,13H2,1H3,(H2,14,16,17). The molecule has 1 aliphatic rings. The maximum atomic E-state index is 12.2. The van der Waals surface area contributed by atoms with Crippen LogP contribution in [0.15, 0.2) is 16.9 Å². The van der Waals surface area contributed by atoms with Crippen LogP contribution in [-0.2, 0) is 0 Å². The number of pyridine rings is 1. The van der Waals surface area contributed by atoms with E-state index in [0.29, 0.717) is 19.0 Å². The molecule has 0 spiro atoms. The molecule has 18 heavy (non-hydrogen) atoms. The highest BCUT2D eigenvalue weighted by Gasteiger charge is 2.27. The highest BCUT2D eigenvalue weighted by molar-refractivity contribution is 5.94. The molecular weight excluding hydrogens is 234 g/mol. The maximum absolute atomic E-state index is 12.2. The number of hydrogen-bond acceptors (Lipinski definition) is 4. The van der Waals surface area contributed by atoms with Crippen molar-refractivity contribution in [3.63, 3.8) is 0 Å². The van der Waals surface area contributed by atoms with Crippen LogP contribution in [0.4, 0.5) is 0 Å².